The summed E-state index contributed by atoms with van der Waals surface area (Å²) in [6.45, 7) is 26.9. The molecule has 0 aliphatic heterocycles. The minimum atomic E-state index is -1.77. The second-order valence-electron chi connectivity index (χ2n) is 27.7. The Bertz CT molecular complexity index is 3210. The van der Waals surface area contributed by atoms with Gasteiger partial charge in [-0.15, -0.1) is 0 Å². The number of rotatable bonds is 73. The Hall–Kier alpha value is -12.4. The van der Waals surface area contributed by atoms with Gasteiger partial charge in [0.05, 0.1) is 85.3 Å². The molecule has 1 unspecified atom stereocenters. The molecule has 684 valence electrons. The number of aliphatic hydroxyl groups is 2. The summed E-state index contributed by atoms with van der Waals surface area (Å²) in [6.07, 6.45) is 9.64. The highest BCUT2D eigenvalue weighted by atomic mass is 16.6. The maximum atomic E-state index is 13.3. The molecule has 0 saturated heterocycles. The van der Waals surface area contributed by atoms with Gasteiger partial charge in [-0.25, -0.2) is 71.9 Å². The third-order valence-corrected chi connectivity index (χ3v) is 17.1. The molecule has 40 heteroatoms. The maximum absolute atomic E-state index is 13.3. The number of nitrogens with one attached hydrogen (secondary N) is 4. The number of carbonyl (C=O) groups excluding carboxylic acids is 16. The Labute approximate surface area is 713 Å². The highest BCUT2D eigenvalue weighted by Gasteiger charge is 2.44. The average Bonchev–Trinajstić information content (AvgIpc) is 0.883. The van der Waals surface area contributed by atoms with E-state index in [0.717, 1.165) is 72.9 Å². The number of hydrogen-bond acceptors (Lipinski definition) is 36. The number of amides is 4. The van der Waals surface area contributed by atoms with Crippen LogP contribution in [0.15, 0.2) is 152 Å². The van der Waals surface area contributed by atoms with Gasteiger partial charge in [0.1, 0.15) is 99.1 Å². The maximum Gasteiger partial charge on any atom is 0.407 e. The average molecular weight is 1750 g/mol. The predicted molar refractivity (Wildman–Crippen MR) is 433 cm³/mol. The van der Waals surface area contributed by atoms with E-state index < -0.39 is 268 Å². The quantitative estimate of drug-likeness (QED) is 0.0211. The highest BCUT2D eigenvalue weighted by molar-refractivity contribution is 5.89. The third-order valence-electron chi connectivity index (χ3n) is 17.1. The number of allylic oxidation sites excluding steroid dienone is 1. The molecule has 123 heavy (non-hydrogen) atoms. The SMILES string of the molecule is C=CC(=O)CCC(CO)(COCC(COC(=O)C=C)(COC(=O)C=C)COC(=O)NCCCCCCNC(=O)OCC(COCC(COC(=O)C=C)(COC(=O)C=C)COC(=O)NCCCCCCNC(=O)OCC(COCC(CO)(COC(=O)C=C)COC(=O)C=C)(COC(=O)C=C)COC(=O)C=C)(COC(=O)C=C)COC(=O)C=C)COC(=O)C=C. The molecule has 6 N–H and O–H groups in total. The molecule has 4 amide bonds. The van der Waals surface area contributed by atoms with Crippen LogP contribution in [0.2, 0.25) is 0 Å². The summed E-state index contributed by atoms with van der Waals surface area (Å²) in [4.78, 5) is 201. The van der Waals surface area contributed by atoms with Crippen LogP contribution in [-0.2, 0) is 143 Å². The van der Waals surface area contributed by atoms with Crippen molar-refractivity contribution < 1.29 is 172 Å². The van der Waals surface area contributed by atoms with Crippen LogP contribution in [0.3, 0.4) is 0 Å². The van der Waals surface area contributed by atoms with Crippen LogP contribution in [0.1, 0.15) is 64.2 Å². The molecule has 0 fully saturated rings. The summed E-state index contributed by atoms with van der Waals surface area (Å²) in [5.41, 5.74) is -9.75. The van der Waals surface area contributed by atoms with Gasteiger partial charge in [0.25, 0.3) is 0 Å². The lowest BCUT2D eigenvalue weighted by Gasteiger charge is -2.35. The molecular weight excluding hydrogens is 1630 g/mol. The van der Waals surface area contributed by atoms with Gasteiger partial charge in [-0.1, -0.05) is 105 Å². The molecule has 0 aromatic carbocycles. The second-order valence-corrected chi connectivity index (χ2v) is 27.7. The zero-order valence-corrected chi connectivity index (χ0v) is 69.4. The molecule has 0 rings (SSSR count). The predicted octanol–water partition coefficient (Wildman–Crippen LogP) is 4.52. The van der Waals surface area contributed by atoms with Crippen LogP contribution in [0, 0.1) is 32.5 Å². The normalized spacial score (nSPS) is 11.5. The Kier molecular flexibility index (Phi) is 57.2. The summed E-state index contributed by atoms with van der Waals surface area (Å²) >= 11 is 0. The van der Waals surface area contributed by atoms with Gasteiger partial charge in [-0.05, 0) is 38.2 Å². The van der Waals surface area contributed by atoms with E-state index in [1.165, 1.54) is 0 Å². The van der Waals surface area contributed by atoms with Gasteiger partial charge >= 0.3 is 90.0 Å². The fraction of sp³-hybridized carbons (Fsp3) is 0.518. The molecule has 40 nitrogen and oxygen atoms in total. The number of ether oxygens (including phenoxy) is 18. The first-order valence-corrected chi connectivity index (χ1v) is 38.1. The minimum Gasteiger partial charge on any atom is -0.462 e. The molecule has 0 aliphatic rings. The number of aliphatic hydroxyl groups excluding tert-OH is 2. The van der Waals surface area contributed by atoms with Crippen molar-refractivity contribution in [1.29, 1.82) is 0 Å². The largest absolute Gasteiger partial charge is 0.462 e. The lowest BCUT2D eigenvalue weighted by molar-refractivity contribution is -0.165. The van der Waals surface area contributed by atoms with E-state index in [4.69, 9.17) is 85.3 Å². The molecule has 0 aromatic rings. The first-order chi connectivity index (χ1) is 58.7. The van der Waals surface area contributed by atoms with Crippen molar-refractivity contribution in [3.8, 4) is 0 Å². The van der Waals surface area contributed by atoms with E-state index in [2.05, 4.69) is 100 Å². The number of unbranched alkanes of at least 4 members (excludes halogenated alkanes) is 6. The fourth-order valence-electron chi connectivity index (χ4n) is 9.72. The molecule has 0 radical (unpaired) electrons. The Morgan fingerprint density at radius 3 is 0.553 bits per heavy atom. The first-order valence-electron chi connectivity index (χ1n) is 38.1. The summed E-state index contributed by atoms with van der Waals surface area (Å²) in [5.74, 6) is -10.5. The molecule has 1 atom stereocenters. The van der Waals surface area contributed by atoms with Crippen molar-refractivity contribution in [3.63, 3.8) is 0 Å². The van der Waals surface area contributed by atoms with Gasteiger partial charge in [-0.2, -0.15) is 0 Å². The molecule has 0 aliphatic carbocycles. The van der Waals surface area contributed by atoms with Gasteiger partial charge in [-0.3, -0.25) is 4.79 Å². The van der Waals surface area contributed by atoms with E-state index in [0.29, 0.717) is 51.4 Å². The molecular formula is C83H116N4O36. The minimum absolute atomic E-state index is 0.0283. The number of carbonyl (C=O) groups is 16. The van der Waals surface area contributed by atoms with E-state index in [-0.39, 0.29) is 51.4 Å². The van der Waals surface area contributed by atoms with Crippen LogP contribution in [-0.4, -0.2) is 284 Å². The summed E-state index contributed by atoms with van der Waals surface area (Å²) in [5, 5.41) is 31.2. The van der Waals surface area contributed by atoms with Crippen LogP contribution in [0.25, 0.3) is 0 Å². The van der Waals surface area contributed by atoms with Gasteiger partial charge < -0.3 is 117 Å². The second kappa shape index (κ2) is 63.6. The third kappa shape index (κ3) is 49.8. The first kappa shape index (κ1) is 111. The Morgan fingerprint density at radius 2 is 0.374 bits per heavy atom. The summed E-state index contributed by atoms with van der Waals surface area (Å²) < 4.78 is 98.4. The zero-order chi connectivity index (χ0) is 92.4. The monoisotopic (exact) mass is 1740 g/mol. The van der Waals surface area contributed by atoms with E-state index in [1.54, 1.807) is 0 Å². The molecule has 0 spiro atoms. The lowest BCUT2D eigenvalue weighted by Crippen LogP contribution is -2.47. The highest BCUT2D eigenvalue weighted by Crippen LogP contribution is 2.31. The standard InChI is InChI=1S/C83H116N4O36/c1-13-62(90)33-34-78(39-88,47-109-63(91)14-2)41-106-43-80(50-112-66(94)17-5,51-113-67(95)18-6)58-120-74(102)84-35-29-25-27-31-37-86-76(104)122-60-82(54-116-70(98)21-9,55-117-71(99)22-10)45-108-46-83(56-118-72(100)23-11,57-119-73(101)24-12)61-123-77(105)87-38-32-28-26-30-36-85-75(103)121-59-81(52-114-68(96)19-7,53-115-69(97)20-8)44-107-42-79(40-89,48-110-64(92)15-3)49-111-65(93)16-4/h13-24,88-89H,1-12,25-61H2,(H,84,102)(H,85,103)(H,86,104)(H,87,105). The number of alkyl carbamates (subject to hydrolysis) is 4. The van der Waals surface area contributed by atoms with Crippen molar-refractivity contribution in [1.82, 2.24) is 21.3 Å². The van der Waals surface area contributed by atoms with Crippen molar-refractivity contribution >= 4 is 95.8 Å². The lowest BCUT2D eigenvalue weighted by atomic mass is 9.84. The fourth-order valence-corrected chi connectivity index (χ4v) is 9.72. The number of hydrogen-bond donors (Lipinski definition) is 6. The van der Waals surface area contributed by atoms with Crippen molar-refractivity contribution in [2.45, 2.75) is 64.2 Å². The van der Waals surface area contributed by atoms with E-state index in [1.807, 2.05) is 0 Å². The van der Waals surface area contributed by atoms with Crippen LogP contribution < -0.4 is 21.3 Å². The van der Waals surface area contributed by atoms with Crippen LogP contribution >= 0.6 is 0 Å². The van der Waals surface area contributed by atoms with Gasteiger partial charge in [0.2, 0.25) is 0 Å². The number of esters is 11. The molecule has 0 heterocycles. The Balaban J connectivity index is 6.28. The summed E-state index contributed by atoms with van der Waals surface area (Å²) in [7, 11) is 0. The smallest absolute Gasteiger partial charge is 0.407 e. The van der Waals surface area contributed by atoms with Gasteiger partial charge in [0.15, 0.2) is 5.78 Å². The van der Waals surface area contributed by atoms with Crippen LogP contribution in [0.4, 0.5) is 19.2 Å². The van der Waals surface area contributed by atoms with E-state index >= 15 is 0 Å². The Morgan fingerprint density at radius 1 is 0.211 bits per heavy atom. The molecule has 0 bridgehead atoms. The van der Waals surface area contributed by atoms with Crippen molar-refractivity contribution in [2.24, 2.45) is 32.5 Å². The van der Waals surface area contributed by atoms with Crippen molar-refractivity contribution in [2.75, 3.05) is 178 Å². The van der Waals surface area contributed by atoms with Crippen molar-refractivity contribution in [3.05, 3.63) is 152 Å². The van der Waals surface area contributed by atoms with Gasteiger partial charge in [0, 0.05) is 99.4 Å². The molecule has 0 saturated carbocycles. The molecule has 0 aromatic heterocycles. The summed E-state index contributed by atoms with van der Waals surface area (Å²) in [6, 6.07) is 0. The zero-order valence-electron chi connectivity index (χ0n) is 69.4. The topological polar surface area (TPSA) is 528 Å². The van der Waals surface area contributed by atoms with Crippen LogP contribution in [0.5, 0.6) is 0 Å². The number of ketones is 1. The van der Waals surface area contributed by atoms with E-state index in [9.17, 15) is 86.9 Å².